The Morgan fingerprint density at radius 1 is 1.12 bits per heavy atom. The van der Waals surface area contributed by atoms with Crippen molar-refractivity contribution in [2.75, 3.05) is 37.6 Å². The molecule has 2 heterocycles. The zero-order valence-electron chi connectivity index (χ0n) is 13.9. The van der Waals surface area contributed by atoms with Gasteiger partial charge >= 0.3 is 0 Å². The molecule has 2 aliphatic heterocycles. The first-order chi connectivity index (χ1) is 11.9. The summed E-state index contributed by atoms with van der Waals surface area (Å²) in [5.74, 6) is -1.78. The second-order valence-corrected chi connectivity index (χ2v) is 6.67. The monoisotopic (exact) mass is 367 g/mol. The SMILES string of the molecule is CC(=O)N1CCN(C(=O)C2CCN(c3ccc(F)c(Cl)c3)C2=O)CC1. The van der Waals surface area contributed by atoms with Crippen molar-refractivity contribution in [3.8, 4) is 0 Å². The molecule has 0 aromatic heterocycles. The number of nitrogens with zero attached hydrogens (tertiary/aromatic N) is 3. The topological polar surface area (TPSA) is 60.9 Å². The average molecular weight is 368 g/mol. The molecule has 2 fully saturated rings. The van der Waals surface area contributed by atoms with Crippen LogP contribution in [-0.4, -0.2) is 60.2 Å². The van der Waals surface area contributed by atoms with Crippen molar-refractivity contribution < 1.29 is 18.8 Å². The number of anilines is 1. The highest BCUT2D eigenvalue weighted by Crippen LogP contribution is 2.29. The zero-order chi connectivity index (χ0) is 18.1. The first-order valence-corrected chi connectivity index (χ1v) is 8.57. The molecule has 1 atom stereocenters. The predicted octanol–water partition coefficient (Wildman–Crippen LogP) is 1.52. The van der Waals surface area contributed by atoms with Gasteiger partial charge in [-0.15, -0.1) is 0 Å². The number of hydrogen-bond acceptors (Lipinski definition) is 3. The highest BCUT2D eigenvalue weighted by molar-refractivity contribution is 6.31. The van der Waals surface area contributed by atoms with Gasteiger partial charge in [0.05, 0.1) is 5.02 Å². The minimum Gasteiger partial charge on any atom is -0.339 e. The molecule has 0 bridgehead atoms. The van der Waals surface area contributed by atoms with E-state index in [4.69, 9.17) is 11.6 Å². The Labute approximate surface area is 150 Å². The molecule has 6 nitrogen and oxygen atoms in total. The molecule has 0 spiro atoms. The number of halogens is 2. The normalized spacial score (nSPS) is 21.0. The number of hydrogen-bond donors (Lipinski definition) is 0. The largest absolute Gasteiger partial charge is 0.339 e. The Balaban J connectivity index is 1.66. The molecule has 2 aliphatic rings. The average Bonchev–Trinajstić information content (AvgIpc) is 2.98. The first kappa shape index (κ1) is 17.7. The van der Waals surface area contributed by atoms with Crippen LogP contribution in [0.15, 0.2) is 18.2 Å². The van der Waals surface area contributed by atoms with Crippen molar-refractivity contribution in [3.05, 3.63) is 29.0 Å². The quantitative estimate of drug-likeness (QED) is 0.745. The zero-order valence-corrected chi connectivity index (χ0v) is 14.6. The molecule has 3 amide bonds. The fourth-order valence-electron chi connectivity index (χ4n) is 3.28. The molecule has 1 unspecified atom stereocenters. The Hall–Kier alpha value is -2.15. The summed E-state index contributed by atoms with van der Waals surface area (Å²) in [6.45, 7) is 3.74. The molecular formula is C17H19ClFN3O3. The van der Waals surface area contributed by atoms with Crippen LogP contribution in [0, 0.1) is 11.7 Å². The van der Waals surface area contributed by atoms with Gasteiger partial charge in [0.15, 0.2) is 0 Å². The smallest absolute Gasteiger partial charge is 0.239 e. The van der Waals surface area contributed by atoms with Gasteiger partial charge in [-0.1, -0.05) is 11.6 Å². The van der Waals surface area contributed by atoms with E-state index in [9.17, 15) is 18.8 Å². The molecule has 134 valence electrons. The maximum absolute atomic E-state index is 13.3. The summed E-state index contributed by atoms with van der Waals surface area (Å²) in [6.07, 6.45) is 0.416. The Morgan fingerprint density at radius 2 is 1.76 bits per heavy atom. The molecule has 0 aliphatic carbocycles. The van der Waals surface area contributed by atoms with Crippen LogP contribution in [-0.2, 0) is 14.4 Å². The lowest BCUT2D eigenvalue weighted by atomic mass is 10.1. The van der Waals surface area contributed by atoms with Crippen LogP contribution in [0.3, 0.4) is 0 Å². The van der Waals surface area contributed by atoms with E-state index >= 15 is 0 Å². The summed E-state index contributed by atoms with van der Waals surface area (Å²) in [5.41, 5.74) is 0.494. The van der Waals surface area contributed by atoms with Gasteiger partial charge in [-0.25, -0.2) is 4.39 Å². The van der Waals surface area contributed by atoms with Crippen LogP contribution in [0.1, 0.15) is 13.3 Å². The van der Waals surface area contributed by atoms with Crippen LogP contribution in [0.25, 0.3) is 0 Å². The fourth-order valence-corrected chi connectivity index (χ4v) is 3.46. The van der Waals surface area contributed by atoms with Crippen molar-refractivity contribution >= 4 is 35.0 Å². The Bertz CT molecular complexity index is 719. The summed E-state index contributed by atoms with van der Waals surface area (Å²) < 4.78 is 13.3. The minimum absolute atomic E-state index is 0.0107. The highest BCUT2D eigenvalue weighted by atomic mass is 35.5. The Kier molecular flexibility index (Phi) is 4.94. The van der Waals surface area contributed by atoms with Crippen molar-refractivity contribution in [2.24, 2.45) is 5.92 Å². The van der Waals surface area contributed by atoms with Gasteiger partial charge in [-0.2, -0.15) is 0 Å². The summed E-state index contributed by atoms with van der Waals surface area (Å²) in [5, 5.41) is -0.0552. The summed E-state index contributed by atoms with van der Waals surface area (Å²) >= 11 is 5.78. The van der Waals surface area contributed by atoms with Crippen LogP contribution < -0.4 is 4.90 Å². The number of rotatable bonds is 2. The maximum atomic E-state index is 13.3. The molecule has 0 saturated carbocycles. The Morgan fingerprint density at radius 3 is 2.36 bits per heavy atom. The molecule has 1 aromatic rings. The van der Waals surface area contributed by atoms with E-state index in [1.807, 2.05) is 0 Å². The van der Waals surface area contributed by atoms with E-state index in [2.05, 4.69) is 0 Å². The van der Waals surface area contributed by atoms with Crippen molar-refractivity contribution in [3.63, 3.8) is 0 Å². The van der Waals surface area contributed by atoms with Gasteiger partial charge in [-0.05, 0) is 24.6 Å². The number of carbonyl (C=O) groups is 3. The molecule has 8 heteroatoms. The minimum atomic E-state index is -0.729. The van der Waals surface area contributed by atoms with Crippen LogP contribution in [0.5, 0.6) is 0 Å². The van der Waals surface area contributed by atoms with E-state index in [1.54, 1.807) is 9.80 Å². The van der Waals surface area contributed by atoms with Gasteiger partial charge in [0.25, 0.3) is 0 Å². The van der Waals surface area contributed by atoms with E-state index in [-0.39, 0.29) is 22.7 Å². The van der Waals surface area contributed by atoms with Crippen LogP contribution in [0.4, 0.5) is 10.1 Å². The van der Waals surface area contributed by atoms with Crippen molar-refractivity contribution in [1.82, 2.24) is 9.80 Å². The first-order valence-electron chi connectivity index (χ1n) is 8.19. The number of benzene rings is 1. The molecule has 2 saturated heterocycles. The lowest BCUT2D eigenvalue weighted by Gasteiger charge is -2.35. The van der Waals surface area contributed by atoms with Gasteiger partial charge in [0.1, 0.15) is 11.7 Å². The van der Waals surface area contributed by atoms with Crippen LogP contribution in [0.2, 0.25) is 5.02 Å². The van der Waals surface area contributed by atoms with Crippen molar-refractivity contribution in [1.29, 1.82) is 0 Å². The maximum Gasteiger partial charge on any atom is 0.239 e. The van der Waals surface area contributed by atoms with Crippen molar-refractivity contribution in [2.45, 2.75) is 13.3 Å². The molecule has 1 aromatic carbocycles. The fraction of sp³-hybridized carbons (Fsp3) is 0.471. The third-order valence-electron chi connectivity index (χ3n) is 4.76. The predicted molar refractivity (Wildman–Crippen MR) is 90.7 cm³/mol. The number of piperazine rings is 1. The lowest BCUT2D eigenvalue weighted by molar-refractivity contribution is -0.144. The summed E-state index contributed by atoms with van der Waals surface area (Å²) in [7, 11) is 0. The molecule has 3 rings (SSSR count). The van der Waals surface area contributed by atoms with Gasteiger partial charge in [0, 0.05) is 45.3 Å². The second kappa shape index (κ2) is 7.00. The van der Waals surface area contributed by atoms with E-state index < -0.39 is 11.7 Å². The van der Waals surface area contributed by atoms with Gasteiger partial charge in [0.2, 0.25) is 17.7 Å². The van der Waals surface area contributed by atoms with Crippen LogP contribution >= 0.6 is 11.6 Å². The highest BCUT2D eigenvalue weighted by Gasteiger charge is 2.40. The van der Waals surface area contributed by atoms with E-state index in [1.165, 1.54) is 30.0 Å². The van der Waals surface area contributed by atoms with Gasteiger partial charge < -0.3 is 14.7 Å². The van der Waals surface area contributed by atoms with Gasteiger partial charge in [-0.3, -0.25) is 14.4 Å². The molecular weight excluding hydrogens is 349 g/mol. The second-order valence-electron chi connectivity index (χ2n) is 6.26. The third kappa shape index (κ3) is 3.46. The molecule has 25 heavy (non-hydrogen) atoms. The standard InChI is InChI=1S/C17H19ClFN3O3/c1-11(23)20-6-8-21(9-7-20)16(24)13-4-5-22(17(13)25)12-2-3-15(19)14(18)10-12/h2-3,10,13H,4-9H2,1H3. The summed E-state index contributed by atoms with van der Waals surface area (Å²) in [4.78, 5) is 41.5. The number of amides is 3. The molecule has 0 radical (unpaired) electrons. The lowest BCUT2D eigenvalue weighted by Crippen LogP contribution is -2.52. The third-order valence-corrected chi connectivity index (χ3v) is 5.04. The van der Waals surface area contributed by atoms with E-state index in [0.717, 1.165) is 0 Å². The number of carbonyl (C=O) groups excluding carboxylic acids is 3. The molecule has 0 N–H and O–H groups in total. The van der Waals surface area contributed by atoms with E-state index in [0.29, 0.717) is 44.8 Å². The summed E-state index contributed by atoms with van der Waals surface area (Å²) in [6, 6.07) is 4.09.